The van der Waals surface area contributed by atoms with Gasteiger partial charge in [0.25, 0.3) is 0 Å². The van der Waals surface area contributed by atoms with Gasteiger partial charge in [-0.25, -0.2) is 18.0 Å². The Hall–Kier alpha value is -3.07. The molecule has 0 radical (unpaired) electrons. The highest BCUT2D eigenvalue weighted by atomic mass is 32.2. The van der Waals surface area contributed by atoms with Gasteiger partial charge in [0.05, 0.1) is 18.9 Å². The van der Waals surface area contributed by atoms with Gasteiger partial charge in [0.1, 0.15) is 0 Å². The van der Waals surface area contributed by atoms with Crippen LogP contribution in [0.15, 0.2) is 48.5 Å². The van der Waals surface area contributed by atoms with Crippen LogP contribution in [0.2, 0.25) is 0 Å². The minimum absolute atomic E-state index is 0.377. The van der Waals surface area contributed by atoms with Crippen LogP contribution in [0.1, 0.15) is 10.4 Å². The van der Waals surface area contributed by atoms with Crippen LogP contribution in [0.4, 0.5) is 21.9 Å². The lowest BCUT2D eigenvalue weighted by molar-refractivity contribution is 0.0600. The van der Waals surface area contributed by atoms with E-state index < -0.39 is 22.0 Å². The molecule has 2 amide bonds. The van der Waals surface area contributed by atoms with E-state index in [0.29, 0.717) is 22.6 Å². The summed E-state index contributed by atoms with van der Waals surface area (Å²) >= 11 is 0. The molecule has 0 aromatic heterocycles. The number of nitrogens with one attached hydrogen (secondary N) is 3. The number of carbonyl (C=O) groups is 2. The Morgan fingerprint density at radius 2 is 1.28 bits per heavy atom. The van der Waals surface area contributed by atoms with Crippen molar-refractivity contribution < 1.29 is 22.7 Å². The molecule has 2 rings (SSSR count). The van der Waals surface area contributed by atoms with Crippen LogP contribution >= 0.6 is 0 Å². The van der Waals surface area contributed by atoms with Crippen molar-refractivity contribution in [1.29, 1.82) is 0 Å². The summed E-state index contributed by atoms with van der Waals surface area (Å²) in [5, 5.41) is 5.22. The standard InChI is InChI=1S/C16H17N3O5S/c1-24-15(20)11-3-5-12(6-4-11)17-16(21)18-13-7-9-14(10-8-13)19-25(2,22)23/h3-10,19H,1-2H3,(H2,17,18,21). The monoisotopic (exact) mass is 363 g/mol. The van der Waals surface area contributed by atoms with Crippen molar-refractivity contribution in [1.82, 2.24) is 0 Å². The van der Waals surface area contributed by atoms with Gasteiger partial charge in [-0.1, -0.05) is 0 Å². The highest BCUT2D eigenvalue weighted by Crippen LogP contribution is 2.15. The molecule has 0 atom stereocenters. The quantitative estimate of drug-likeness (QED) is 0.706. The molecule has 0 spiro atoms. The normalized spacial score (nSPS) is 10.6. The van der Waals surface area contributed by atoms with Crippen LogP contribution in [0, 0.1) is 0 Å². The Morgan fingerprint density at radius 3 is 1.72 bits per heavy atom. The highest BCUT2D eigenvalue weighted by molar-refractivity contribution is 7.92. The van der Waals surface area contributed by atoms with Gasteiger partial charge in [-0.2, -0.15) is 0 Å². The molecule has 0 unspecified atom stereocenters. The minimum Gasteiger partial charge on any atom is -0.465 e. The van der Waals surface area contributed by atoms with Gasteiger partial charge >= 0.3 is 12.0 Å². The molecule has 2 aromatic carbocycles. The maximum absolute atomic E-state index is 11.9. The van der Waals surface area contributed by atoms with Crippen LogP contribution in [0.3, 0.4) is 0 Å². The average molecular weight is 363 g/mol. The highest BCUT2D eigenvalue weighted by Gasteiger charge is 2.07. The zero-order chi connectivity index (χ0) is 18.4. The third-order valence-electron chi connectivity index (χ3n) is 3.01. The van der Waals surface area contributed by atoms with Gasteiger partial charge in [-0.05, 0) is 48.5 Å². The van der Waals surface area contributed by atoms with Crippen LogP contribution in [0.5, 0.6) is 0 Å². The molecule has 3 N–H and O–H groups in total. The van der Waals surface area contributed by atoms with Crippen LogP contribution in [-0.2, 0) is 14.8 Å². The van der Waals surface area contributed by atoms with Gasteiger partial charge in [0.15, 0.2) is 0 Å². The fourth-order valence-corrected chi connectivity index (χ4v) is 2.50. The fourth-order valence-electron chi connectivity index (χ4n) is 1.94. The number of methoxy groups -OCH3 is 1. The van der Waals surface area contributed by atoms with Crippen LogP contribution in [0.25, 0.3) is 0 Å². The van der Waals surface area contributed by atoms with Gasteiger partial charge < -0.3 is 15.4 Å². The topological polar surface area (TPSA) is 114 Å². The lowest BCUT2D eigenvalue weighted by atomic mass is 10.2. The van der Waals surface area contributed by atoms with Crippen molar-refractivity contribution in [3.63, 3.8) is 0 Å². The molecule has 8 nitrogen and oxygen atoms in total. The third-order valence-corrected chi connectivity index (χ3v) is 3.62. The van der Waals surface area contributed by atoms with Gasteiger partial charge in [-0.15, -0.1) is 0 Å². The van der Waals surface area contributed by atoms with Crippen molar-refractivity contribution in [3.8, 4) is 0 Å². The lowest BCUT2D eigenvalue weighted by Crippen LogP contribution is -2.19. The van der Waals surface area contributed by atoms with E-state index in [1.54, 1.807) is 24.3 Å². The first-order chi connectivity index (χ1) is 11.8. The first kappa shape index (κ1) is 18.3. The zero-order valence-corrected chi connectivity index (χ0v) is 14.4. The van der Waals surface area contributed by atoms with Crippen molar-refractivity contribution in [2.24, 2.45) is 0 Å². The Kier molecular flexibility index (Phi) is 5.60. The summed E-state index contributed by atoms with van der Waals surface area (Å²) in [7, 11) is -2.06. The lowest BCUT2D eigenvalue weighted by Gasteiger charge is -2.09. The first-order valence-corrected chi connectivity index (χ1v) is 9.00. The van der Waals surface area contributed by atoms with E-state index >= 15 is 0 Å². The number of carbonyl (C=O) groups excluding carboxylic acids is 2. The third kappa shape index (κ3) is 5.81. The zero-order valence-electron chi connectivity index (χ0n) is 13.6. The van der Waals surface area contributed by atoms with Crippen molar-refractivity contribution in [3.05, 3.63) is 54.1 Å². The molecule has 0 bridgehead atoms. The summed E-state index contributed by atoms with van der Waals surface area (Å²) in [4.78, 5) is 23.3. The van der Waals surface area contributed by atoms with E-state index in [9.17, 15) is 18.0 Å². The summed E-state index contributed by atoms with van der Waals surface area (Å²) < 4.78 is 29.2. The molecule has 0 aliphatic rings. The van der Waals surface area contributed by atoms with Crippen molar-refractivity contribution >= 4 is 39.1 Å². The molecule has 132 valence electrons. The molecule has 25 heavy (non-hydrogen) atoms. The largest absolute Gasteiger partial charge is 0.465 e. The SMILES string of the molecule is COC(=O)c1ccc(NC(=O)Nc2ccc(NS(C)(=O)=O)cc2)cc1. The molecular formula is C16H17N3O5S. The van der Waals surface area contributed by atoms with E-state index in [1.807, 2.05) is 0 Å². The Morgan fingerprint density at radius 1 is 0.840 bits per heavy atom. The van der Waals surface area contributed by atoms with Crippen molar-refractivity contribution in [2.75, 3.05) is 28.7 Å². The molecule has 0 saturated carbocycles. The maximum atomic E-state index is 11.9. The summed E-state index contributed by atoms with van der Waals surface area (Å²) in [6.07, 6.45) is 1.05. The second-order valence-electron chi connectivity index (χ2n) is 5.10. The van der Waals surface area contributed by atoms with Gasteiger partial charge in [0.2, 0.25) is 10.0 Å². The van der Waals surface area contributed by atoms with E-state index in [0.717, 1.165) is 6.26 Å². The second kappa shape index (κ2) is 7.67. The summed E-state index contributed by atoms with van der Waals surface area (Å²) in [6.45, 7) is 0. The first-order valence-electron chi connectivity index (χ1n) is 7.11. The van der Waals surface area contributed by atoms with E-state index in [-0.39, 0.29) is 0 Å². The Balaban J connectivity index is 1.94. The number of urea groups is 1. The van der Waals surface area contributed by atoms with E-state index in [4.69, 9.17) is 0 Å². The van der Waals surface area contributed by atoms with Crippen LogP contribution < -0.4 is 15.4 Å². The average Bonchev–Trinajstić information content (AvgIpc) is 2.55. The molecule has 9 heteroatoms. The predicted molar refractivity (Wildman–Crippen MR) is 95.3 cm³/mol. The van der Waals surface area contributed by atoms with Crippen LogP contribution in [-0.4, -0.2) is 33.8 Å². The number of amides is 2. The number of hydrogen-bond acceptors (Lipinski definition) is 5. The number of benzene rings is 2. The van der Waals surface area contributed by atoms with E-state index in [1.165, 1.54) is 31.4 Å². The maximum Gasteiger partial charge on any atom is 0.337 e. The molecule has 0 aliphatic carbocycles. The molecule has 0 saturated heterocycles. The summed E-state index contributed by atoms with van der Waals surface area (Å²) in [5.41, 5.74) is 1.76. The minimum atomic E-state index is -3.35. The number of hydrogen-bond donors (Lipinski definition) is 3. The number of rotatable bonds is 5. The van der Waals surface area contributed by atoms with Crippen molar-refractivity contribution in [2.45, 2.75) is 0 Å². The summed E-state index contributed by atoms with van der Waals surface area (Å²) in [5.74, 6) is -0.459. The number of esters is 1. The summed E-state index contributed by atoms with van der Waals surface area (Å²) in [6, 6.07) is 11.9. The fraction of sp³-hybridized carbons (Fsp3) is 0.125. The van der Waals surface area contributed by atoms with E-state index in [2.05, 4.69) is 20.1 Å². The molecule has 0 heterocycles. The number of anilines is 3. The molecule has 0 aliphatic heterocycles. The second-order valence-corrected chi connectivity index (χ2v) is 6.85. The molecule has 0 fully saturated rings. The Bertz CT molecular complexity index is 862. The number of sulfonamides is 1. The molecule has 2 aromatic rings. The predicted octanol–water partition coefficient (Wildman–Crippen LogP) is 2.49. The smallest absolute Gasteiger partial charge is 0.337 e. The number of ether oxygens (including phenoxy) is 1. The Labute approximate surface area is 145 Å². The van der Waals surface area contributed by atoms with Gasteiger partial charge in [-0.3, -0.25) is 4.72 Å². The molecular weight excluding hydrogens is 346 g/mol. The van der Waals surface area contributed by atoms with Gasteiger partial charge in [0, 0.05) is 17.1 Å².